The van der Waals surface area contributed by atoms with E-state index >= 15 is 0 Å². The molecule has 2 aromatic rings. The molecule has 22 heavy (non-hydrogen) atoms. The zero-order valence-corrected chi connectivity index (χ0v) is 13.7. The number of nitrogens with zero attached hydrogens (tertiary/aromatic N) is 1. The first-order valence-electron chi connectivity index (χ1n) is 7.93. The molecular formula is C19H24NO2+. The summed E-state index contributed by atoms with van der Waals surface area (Å²) < 4.78 is 13.1. The molecule has 0 N–H and O–H groups in total. The second-order valence-corrected chi connectivity index (χ2v) is 6.01. The molecule has 0 unspecified atom stereocenters. The third kappa shape index (κ3) is 2.94. The van der Waals surface area contributed by atoms with Gasteiger partial charge in [-0.05, 0) is 55.9 Å². The molecule has 1 heterocycles. The molecule has 116 valence electrons. The van der Waals surface area contributed by atoms with Crippen LogP contribution in [0.2, 0.25) is 0 Å². The van der Waals surface area contributed by atoms with E-state index in [0.717, 1.165) is 18.0 Å². The number of aryl methyl sites for hydroxylation is 3. The van der Waals surface area contributed by atoms with Crippen molar-refractivity contribution in [2.75, 3.05) is 14.2 Å². The Balaban J connectivity index is 1.89. The van der Waals surface area contributed by atoms with E-state index in [1.54, 1.807) is 14.2 Å². The maximum absolute atomic E-state index is 5.43. The third-order valence-electron chi connectivity index (χ3n) is 4.54. The minimum Gasteiger partial charge on any atom is -0.493 e. The van der Waals surface area contributed by atoms with Crippen molar-refractivity contribution in [2.45, 2.75) is 39.2 Å². The van der Waals surface area contributed by atoms with Gasteiger partial charge in [0.05, 0.1) is 14.2 Å². The molecule has 3 heteroatoms. The smallest absolute Gasteiger partial charge is 0.174 e. The Morgan fingerprint density at radius 3 is 2.41 bits per heavy atom. The van der Waals surface area contributed by atoms with E-state index in [9.17, 15) is 0 Å². The summed E-state index contributed by atoms with van der Waals surface area (Å²) in [6, 6.07) is 6.42. The monoisotopic (exact) mass is 298 g/mol. The van der Waals surface area contributed by atoms with E-state index in [4.69, 9.17) is 9.47 Å². The summed E-state index contributed by atoms with van der Waals surface area (Å²) in [5.74, 6) is 1.58. The number of pyridine rings is 1. The summed E-state index contributed by atoms with van der Waals surface area (Å²) in [4.78, 5) is 0. The molecule has 0 fully saturated rings. The van der Waals surface area contributed by atoms with Gasteiger partial charge in [-0.1, -0.05) is 0 Å². The van der Waals surface area contributed by atoms with Gasteiger partial charge in [-0.3, -0.25) is 0 Å². The van der Waals surface area contributed by atoms with Gasteiger partial charge in [0.15, 0.2) is 30.4 Å². The molecule has 0 atom stereocenters. The number of fused-ring (bicyclic) bond motifs is 1. The van der Waals surface area contributed by atoms with Crippen LogP contribution in [0.15, 0.2) is 30.6 Å². The van der Waals surface area contributed by atoms with Crippen molar-refractivity contribution in [3.8, 4) is 11.5 Å². The van der Waals surface area contributed by atoms with Crippen LogP contribution in [-0.2, 0) is 19.4 Å². The molecular weight excluding hydrogens is 274 g/mol. The molecule has 3 rings (SSSR count). The Morgan fingerprint density at radius 1 is 1.00 bits per heavy atom. The van der Waals surface area contributed by atoms with Crippen LogP contribution in [0.25, 0.3) is 0 Å². The fourth-order valence-corrected chi connectivity index (χ4v) is 3.21. The molecule has 0 radical (unpaired) electrons. The van der Waals surface area contributed by atoms with Crippen molar-refractivity contribution < 1.29 is 14.0 Å². The van der Waals surface area contributed by atoms with Gasteiger partial charge in [0, 0.05) is 17.2 Å². The van der Waals surface area contributed by atoms with E-state index in [1.165, 1.54) is 47.9 Å². The molecule has 0 aliphatic heterocycles. The van der Waals surface area contributed by atoms with E-state index in [0.29, 0.717) is 0 Å². The minimum atomic E-state index is 0.791. The second-order valence-electron chi connectivity index (χ2n) is 6.01. The average molecular weight is 298 g/mol. The van der Waals surface area contributed by atoms with Crippen molar-refractivity contribution in [3.05, 3.63) is 52.8 Å². The number of rotatable bonds is 4. The summed E-state index contributed by atoms with van der Waals surface area (Å²) in [6.45, 7) is 2.98. The van der Waals surface area contributed by atoms with E-state index in [-0.39, 0.29) is 0 Å². The first-order chi connectivity index (χ1) is 10.7. The molecule has 0 saturated heterocycles. The van der Waals surface area contributed by atoms with Crippen LogP contribution in [0.4, 0.5) is 0 Å². The standard InChI is InChI=1S/C19H24NO2/c1-14-10-18(21-2)19(22-3)11-17(14)13-20-9-8-15-6-4-5-7-16(15)12-20/h8-12H,4-7,13H2,1-3H3/q+1. The number of aromatic nitrogens is 1. The Labute approximate surface area is 132 Å². The first kappa shape index (κ1) is 14.9. The number of hydrogen-bond acceptors (Lipinski definition) is 2. The molecule has 0 saturated carbocycles. The molecule has 0 spiro atoms. The predicted molar refractivity (Wildman–Crippen MR) is 86.7 cm³/mol. The number of ether oxygens (including phenoxy) is 2. The van der Waals surface area contributed by atoms with Crippen molar-refractivity contribution >= 4 is 0 Å². The Morgan fingerprint density at radius 2 is 1.68 bits per heavy atom. The highest BCUT2D eigenvalue weighted by Crippen LogP contribution is 2.30. The molecule has 1 aliphatic rings. The average Bonchev–Trinajstić information content (AvgIpc) is 2.56. The normalized spacial score (nSPS) is 13.6. The lowest BCUT2D eigenvalue weighted by Gasteiger charge is -2.14. The second kappa shape index (κ2) is 6.39. The van der Waals surface area contributed by atoms with Crippen LogP contribution < -0.4 is 14.0 Å². The first-order valence-corrected chi connectivity index (χ1v) is 7.93. The Bertz CT molecular complexity index is 679. The number of benzene rings is 1. The largest absolute Gasteiger partial charge is 0.493 e. The summed E-state index contributed by atoms with van der Waals surface area (Å²) in [5.41, 5.74) is 5.51. The van der Waals surface area contributed by atoms with Crippen LogP contribution in [0.5, 0.6) is 11.5 Å². The van der Waals surface area contributed by atoms with Gasteiger partial charge < -0.3 is 9.47 Å². The Hall–Kier alpha value is -2.03. The SMILES string of the molecule is COc1cc(C)c(C[n+]2ccc3c(c2)CCCC3)cc1OC. The van der Waals surface area contributed by atoms with Gasteiger partial charge >= 0.3 is 0 Å². The lowest BCUT2D eigenvalue weighted by atomic mass is 9.93. The summed E-state index contributed by atoms with van der Waals surface area (Å²) >= 11 is 0. The van der Waals surface area contributed by atoms with Crippen LogP contribution >= 0.6 is 0 Å². The van der Waals surface area contributed by atoms with E-state index < -0.39 is 0 Å². The lowest BCUT2D eigenvalue weighted by Crippen LogP contribution is -2.35. The third-order valence-corrected chi connectivity index (χ3v) is 4.54. The molecule has 1 aromatic carbocycles. The maximum Gasteiger partial charge on any atom is 0.174 e. The van der Waals surface area contributed by atoms with Gasteiger partial charge in [0.2, 0.25) is 0 Å². The van der Waals surface area contributed by atoms with E-state index in [1.807, 2.05) is 6.07 Å². The van der Waals surface area contributed by atoms with Crippen LogP contribution in [0.1, 0.15) is 35.1 Å². The molecule has 1 aliphatic carbocycles. The highest BCUT2D eigenvalue weighted by Gasteiger charge is 2.16. The fourth-order valence-electron chi connectivity index (χ4n) is 3.21. The highest BCUT2D eigenvalue weighted by atomic mass is 16.5. The lowest BCUT2D eigenvalue weighted by molar-refractivity contribution is -0.688. The Kier molecular flexibility index (Phi) is 4.32. The van der Waals surface area contributed by atoms with Crippen molar-refractivity contribution in [1.82, 2.24) is 0 Å². The zero-order chi connectivity index (χ0) is 15.5. The van der Waals surface area contributed by atoms with Gasteiger partial charge in [-0.15, -0.1) is 0 Å². The topological polar surface area (TPSA) is 22.3 Å². The predicted octanol–water partition coefficient (Wildman–Crippen LogP) is 3.23. The van der Waals surface area contributed by atoms with Crippen molar-refractivity contribution in [1.29, 1.82) is 0 Å². The summed E-state index contributed by atoms with van der Waals surface area (Å²) in [7, 11) is 3.36. The summed E-state index contributed by atoms with van der Waals surface area (Å²) in [5, 5.41) is 0. The molecule has 0 amide bonds. The molecule has 0 bridgehead atoms. The molecule has 3 nitrogen and oxygen atoms in total. The number of hydrogen-bond donors (Lipinski definition) is 0. The zero-order valence-electron chi connectivity index (χ0n) is 13.7. The van der Waals surface area contributed by atoms with Gasteiger partial charge in [-0.25, -0.2) is 4.57 Å². The van der Waals surface area contributed by atoms with Gasteiger partial charge in [-0.2, -0.15) is 0 Å². The van der Waals surface area contributed by atoms with Crippen LogP contribution in [0.3, 0.4) is 0 Å². The van der Waals surface area contributed by atoms with Crippen molar-refractivity contribution in [2.24, 2.45) is 0 Å². The minimum absolute atomic E-state index is 0.791. The quantitative estimate of drug-likeness (QED) is 0.809. The molecule has 1 aromatic heterocycles. The maximum atomic E-state index is 5.43. The van der Waals surface area contributed by atoms with E-state index in [2.05, 4.69) is 36.0 Å². The van der Waals surface area contributed by atoms with Crippen molar-refractivity contribution in [3.63, 3.8) is 0 Å². The van der Waals surface area contributed by atoms with Gasteiger partial charge in [0.1, 0.15) is 0 Å². The van der Waals surface area contributed by atoms with Crippen LogP contribution in [-0.4, -0.2) is 14.2 Å². The van der Waals surface area contributed by atoms with Crippen LogP contribution in [0, 0.1) is 6.92 Å². The summed E-state index contributed by atoms with van der Waals surface area (Å²) in [6.07, 6.45) is 9.58. The van der Waals surface area contributed by atoms with Gasteiger partial charge in [0.25, 0.3) is 0 Å². The number of methoxy groups -OCH3 is 2. The fraction of sp³-hybridized carbons (Fsp3) is 0.421. The highest BCUT2D eigenvalue weighted by molar-refractivity contribution is 5.46.